The Balaban J connectivity index is 1.69. The van der Waals surface area contributed by atoms with Crippen LogP contribution in [-0.4, -0.2) is 84.3 Å². The first kappa shape index (κ1) is 16.1. The number of thiazole rings is 1. The van der Waals surface area contributed by atoms with E-state index in [1.165, 1.54) is 11.3 Å². The van der Waals surface area contributed by atoms with E-state index in [4.69, 9.17) is 11.6 Å². The van der Waals surface area contributed by atoms with Gasteiger partial charge >= 0.3 is 0 Å². The minimum Gasteiger partial charge on any atom is -0.390 e. The first-order valence-electron chi connectivity index (χ1n) is 6.90. The van der Waals surface area contributed by atoms with Gasteiger partial charge in [-0.25, -0.2) is 4.98 Å². The molecule has 5 nitrogen and oxygen atoms in total. The quantitative estimate of drug-likeness (QED) is 0.842. The number of β-amino-alcohol motifs (C(OH)–C–C–N with tert-alkyl or cyclic N) is 1. The molecule has 0 bridgehead atoms. The van der Waals surface area contributed by atoms with Crippen LogP contribution in [0.2, 0.25) is 4.47 Å². The van der Waals surface area contributed by atoms with E-state index >= 15 is 0 Å². The van der Waals surface area contributed by atoms with Crippen molar-refractivity contribution in [3.8, 4) is 0 Å². The van der Waals surface area contributed by atoms with E-state index in [9.17, 15) is 5.11 Å². The van der Waals surface area contributed by atoms with Crippen LogP contribution in [0.3, 0.4) is 0 Å². The topological polar surface area (TPSA) is 42.8 Å². The average Bonchev–Trinajstić information content (AvgIpc) is 2.77. The summed E-state index contributed by atoms with van der Waals surface area (Å²) < 4.78 is 0.575. The number of hydrogen-bond acceptors (Lipinski definition) is 6. The Morgan fingerprint density at radius 2 is 2.15 bits per heavy atom. The summed E-state index contributed by atoms with van der Waals surface area (Å²) in [6, 6.07) is 0. The lowest BCUT2D eigenvalue weighted by Gasteiger charge is -2.34. The van der Waals surface area contributed by atoms with Crippen LogP contribution in [0.25, 0.3) is 0 Å². The van der Waals surface area contributed by atoms with Gasteiger partial charge in [-0.1, -0.05) is 11.6 Å². The van der Waals surface area contributed by atoms with E-state index in [0.717, 1.165) is 44.1 Å². The molecule has 114 valence electrons. The van der Waals surface area contributed by atoms with E-state index in [-0.39, 0.29) is 6.10 Å². The number of hydrogen-bond donors (Lipinski definition) is 1. The minimum absolute atomic E-state index is 0.313. The van der Waals surface area contributed by atoms with Gasteiger partial charge in [0.15, 0.2) is 4.47 Å². The Labute approximate surface area is 129 Å². The van der Waals surface area contributed by atoms with Gasteiger partial charge in [0.2, 0.25) is 0 Å². The number of aliphatic hydroxyl groups excluding tert-OH is 1. The standard InChI is InChI=1S/C13H23ClN4OS/c1-16-3-5-18(6-4-16)9-11(19)8-17(2)10-12-7-15-13(14)20-12/h7,11,19H,3-6,8-10H2,1-2H3. The monoisotopic (exact) mass is 318 g/mol. The van der Waals surface area contributed by atoms with Crippen LogP contribution in [0.4, 0.5) is 0 Å². The Kier molecular flexibility index (Phi) is 6.20. The minimum atomic E-state index is -0.313. The van der Waals surface area contributed by atoms with E-state index < -0.39 is 0 Å². The molecule has 1 aromatic heterocycles. The summed E-state index contributed by atoms with van der Waals surface area (Å²) in [7, 11) is 4.16. The highest BCUT2D eigenvalue weighted by Crippen LogP contribution is 2.18. The number of piperazine rings is 1. The van der Waals surface area contributed by atoms with Crippen molar-refractivity contribution in [2.75, 3.05) is 53.4 Å². The lowest BCUT2D eigenvalue weighted by atomic mass is 10.2. The zero-order valence-electron chi connectivity index (χ0n) is 12.1. The van der Waals surface area contributed by atoms with E-state index in [0.29, 0.717) is 11.0 Å². The van der Waals surface area contributed by atoms with E-state index in [1.54, 1.807) is 6.20 Å². The van der Waals surface area contributed by atoms with Crippen LogP contribution in [0.15, 0.2) is 6.20 Å². The molecule has 1 saturated heterocycles. The van der Waals surface area contributed by atoms with E-state index in [1.807, 2.05) is 7.05 Å². The van der Waals surface area contributed by atoms with Crippen LogP contribution in [-0.2, 0) is 6.54 Å². The van der Waals surface area contributed by atoms with Crippen LogP contribution in [0.1, 0.15) is 4.88 Å². The number of likely N-dealkylation sites (N-methyl/N-ethyl adjacent to an activating group) is 2. The molecule has 1 unspecified atom stereocenters. The second-order valence-electron chi connectivity index (χ2n) is 5.53. The lowest BCUT2D eigenvalue weighted by molar-refractivity contribution is 0.0595. The number of rotatable bonds is 6. The van der Waals surface area contributed by atoms with Gasteiger partial charge in [-0.05, 0) is 14.1 Å². The predicted octanol–water partition coefficient (Wildman–Crippen LogP) is 0.837. The summed E-state index contributed by atoms with van der Waals surface area (Å²) in [4.78, 5) is 11.9. The molecule has 0 spiro atoms. The third-order valence-electron chi connectivity index (χ3n) is 3.54. The highest BCUT2D eigenvalue weighted by molar-refractivity contribution is 7.15. The molecule has 1 atom stereocenters. The van der Waals surface area contributed by atoms with Gasteiger partial charge < -0.3 is 10.0 Å². The fourth-order valence-corrected chi connectivity index (χ4v) is 3.49. The highest BCUT2D eigenvalue weighted by Gasteiger charge is 2.18. The molecule has 2 rings (SSSR count). The summed E-state index contributed by atoms with van der Waals surface area (Å²) in [5.74, 6) is 0. The summed E-state index contributed by atoms with van der Waals surface area (Å²) in [5, 5.41) is 10.2. The Morgan fingerprint density at radius 3 is 2.75 bits per heavy atom. The molecule has 7 heteroatoms. The Bertz CT molecular complexity index is 409. The molecule has 1 aromatic rings. The van der Waals surface area contributed by atoms with Gasteiger partial charge in [-0.15, -0.1) is 11.3 Å². The van der Waals surface area contributed by atoms with Crippen molar-refractivity contribution >= 4 is 22.9 Å². The molecule has 20 heavy (non-hydrogen) atoms. The molecule has 1 aliphatic heterocycles. The molecule has 0 radical (unpaired) electrons. The maximum absolute atomic E-state index is 10.2. The molecule has 1 N–H and O–H groups in total. The highest BCUT2D eigenvalue weighted by atomic mass is 35.5. The molecule has 1 aliphatic rings. The van der Waals surface area contributed by atoms with Crippen LogP contribution in [0.5, 0.6) is 0 Å². The normalized spacial score (nSPS) is 19.6. The smallest absolute Gasteiger partial charge is 0.183 e. The maximum Gasteiger partial charge on any atom is 0.183 e. The van der Waals surface area contributed by atoms with E-state index in [2.05, 4.69) is 26.7 Å². The van der Waals surface area contributed by atoms with Crippen molar-refractivity contribution in [3.63, 3.8) is 0 Å². The first-order chi connectivity index (χ1) is 9.52. The zero-order chi connectivity index (χ0) is 14.5. The zero-order valence-corrected chi connectivity index (χ0v) is 13.7. The predicted molar refractivity (Wildman–Crippen MR) is 83.4 cm³/mol. The van der Waals surface area contributed by atoms with Crippen molar-refractivity contribution in [2.45, 2.75) is 12.6 Å². The molecule has 0 aliphatic carbocycles. The van der Waals surface area contributed by atoms with Crippen molar-refractivity contribution in [2.24, 2.45) is 0 Å². The molecular weight excluding hydrogens is 296 g/mol. The van der Waals surface area contributed by atoms with Crippen molar-refractivity contribution in [3.05, 3.63) is 15.5 Å². The lowest BCUT2D eigenvalue weighted by Crippen LogP contribution is -2.48. The van der Waals surface area contributed by atoms with Crippen LogP contribution >= 0.6 is 22.9 Å². The SMILES string of the molecule is CN1CCN(CC(O)CN(C)Cc2cnc(Cl)s2)CC1. The molecular formula is C13H23ClN4OS. The summed E-state index contributed by atoms with van der Waals surface area (Å²) in [5.41, 5.74) is 0. The van der Waals surface area contributed by atoms with Crippen LogP contribution < -0.4 is 0 Å². The van der Waals surface area contributed by atoms with Gasteiger partial charge in [0.1, 0.15) is 0 Å². The number of nitrogens with zero attached hydrogens (tertiary/aromatic N) is 4. The second-order valence-corrected chi connectivity index (χ2v) is 7.23. The second kappa shape index (κ2) is 7.68. The van der Waals surface area contributed by atoms with Crippen molar-refractivity contribution in [1.82, 2.24) is 19.7 Å². The van der Waals surface area contributed by atoms with Gasteiger partial charge in [-0.3, -0.25) is 9.80 Å². The van der Waals surface area contributed by atoms with Gasteiger partial charge in [0.25, 0.3) is 0 Å². The number of aromatic nitrogens is 1. The van der Waals surface area contributed by atoms with Gasteiger partial charge in [0.05, 0.1) is 6.10 Å². The summed E-state index contributed by atoms with van der Waals surface area (Å²) >= 11 is 7.31. The molecule has 2 heterocycles. The fraction of sp³-hybridized carbons (Fsp3) is 0.769. The molecule has 0 amide bonds. The third-order valence-corrected chi connectivity index (χ3v) is 4.64. The van der Waals surface area contributed by atoms with Crippen molar-refractivity contribution < 1.29 is 5.11 Å². The van der Waals surface area contributed by atoms with Gasteiger partial charge in [0, 0.05) is 56.9 Å². The summed E-state index contributed by atoms with van der Waals surface area (Å²) in [6.45, 7) is 6.46. The molecule has 1 fully saturated rings. The average molecular weight is 319 g/mol. The fourth-order valence-electron chi connectivity index (χ4n) is 2.43. The number of aliphatic hydroxyl groups is 1. The summed E-state index contributed by atoms with van der Waals surface area (Å²) in [6.07, 6.45) is 1.49. The largest absolute Gasteiger partial charge is 0.390 e. The Morgan fingerprint density at radius 1 is 1.45 bits per heavy atom. The first-order valence-corrected chi connectivity index (χ1v) is 8.10. The maximum atomic E-state index is 10.2. The van der Waals surface area contributed by atoms with Crippen LogP contribution in [0, 0.1) is 0 Å². The van der Waals surface area contributed by atoms with Crippen molar-refractivity contribution in [1.29, 1.82) is 0 Å². The third kappa shape index (κ3) is 5.27. The van der Waals surface area contributed by atoms with Gasteiger partial charge in [-0.2, -0.15) is 0 Å². The Hall–Kier alpha value is -0.240. The number of halogens is 1. The molecule has 0 aromatic carbocycles. The molecule has 0 saturated carbocycles.